The smallest absolute Gasteiger partial charge is 0.413 e. The molecule has 0 saturated carbocycles. The maximum absolute atomic E-state index is 13.6. The van der Waals surface area contributed by atoms with E-state index in [0.717, 1.165) is 16.8 Å². The number of alkyl carbamates (subject to hydrolysis) is 1. The van der Waals surface area contributed by atoms with Crippen molar-refractivity contribution >= 4 is 47.0 Å². The van der Waals surface area contributed by atoms with Crippen molar-refractivity contribution in [1.82, 2.24) is 19.8 Å². The average molecular weight is 638 g/mol. The van der Waals surface area contributed by atoms with Gasteiger partial charge < -0.3 is 19.4 Å². The lowest BCUT2D eigenvalue weighted by atomic mass is 9.84. The summed E-state index contributed by atoms with van der Waals surface area (Å²) in [4.78, 5) is 32.4. The summed E-state index contributed by atoms with van der Waals surface area (Å²) in [6.07, 6.45) is 1.00. The van der Waals surface area contributed by atoms with Crippen molar-refractivity contribution in [3.63, 3.8) is 0 Å². The predicted octanol–water partition coefficient (Wildman–Crippen LogP) is 8.37. The number of hydrogen-bond acceptors (Lipinski definition) is 5. The number of imidazole rings is 1. The summed E-state index contributed by atoms with van der Waals surface area (Å²) in [5.41, 5.74) is 1.61. The minimum absolute atomic E-state index is 0.177. The van der Waals surface area contributed by atoms with Gasteiger partial charge >= 0.3 is 16.2 Å². The van der Waals surface area contributed by atoms with E-state index in [2.05, 4.69) is 5.32 Å². The van der Waals surface area contributed by atoms with Crippen molar-refractivity contribution in [2.24, 2.45) is 5.41 Å². The zero-order chi connectivity index (χ0) is 31.1. The number of rotatable bonds is 9. The molecule has 0 fully saturated rings. The van der Waals surface area contributed by atoms with Crippen LogP contribution in [0.25, 0.3) is 11.3 Å². The molecule has 42 heavy (non-hydrogen) atoms. The number of alkyl halides is 3. The van der Waals surface area contributed by atoms with Gasteiger partial charge in [0, 0.05) is 31.4 Å². The summed E-state index contributed by atoms with van der Waals surface area (Å²) < 4.78 is 10.3. The number of aromatic nitrogens is 2. The number of amides is 2. The first-order valence-corrected chi connectivity index (χ1v) is 14.9. The normalized spacial score (nSPS) is 12.9. The first-order valence-electron chi connectivity index (χ1n) is 13.7. The van der Waals surface area contributed by atoms with E-state index in [1.165, 1.54) is 4.90 Å². The molecule has 3 aromatic rings. The number of carbonyl (C=O) groups excluding carboxylic acids is 2. The van der Waals surface area contributed by atoms with Crippen LogP contribution in [0.4, 0.5) is 9.59 Å². The molecular weight excluding hydrogens is 599 g/mol. The van der Waals surface area contributed by atoms with E-state index in [1.54, 1.807) is 20.8 Å². The van der Waals surface area contributed by atoms with Gasteiger partial charge in [-0.3, -0.25) is 4.90 Å². The molecule has 0 spiro atoms. The zero-order valence-electron chi connectivity index (χ0n) is 24.9. The monoisotopic (exact) mass is 636 g/mol. The third-order valence-electron chi connectivity index (χ3n) is 6.13. The van der Waals surface area contributed by atoms with Gasteiger partial charge in [0.1, 0.15) is 11.4 Å². The summed E-state index contributed by atoms with van der Waals surface area (Å²) in [6, 6.07) is 19.2. The largest absolute Gasteiger partial charge is 0.444 e. The van der Waals surface area contributed by atoms with Crippen LogP contribution in [0.5, 0.6) is 0 Å². The summed E-state index contributed by atoms with van der Waals surface area (Å²) in [5.74, 6) is 0.645. The van der Waals surface area contributed by atoms with Gasteiger partial charge in [0.25, 0.3) is 0 Å². The van der Waals surface area contributed by atoms with Crippen molar-refractivity contribution in [3.05, 3.63) is 78.2 Å². The number of halogens is 3. The Hall–Kier alpha value is -2.94. The maximum Gasteiger partial charge on any atom is 0.413 e. The third kappa shape index (κ3) is 10.4. The molecule has 1 unspecified atom stereocenters. The molecule has 1 N–H and O–H groups in total. The van der Waals surface area contributed by atoms with Crippen LogP contribution in [-0.2, 0) is 16.0 Å². The lowest BCUT2D eigenvalue weighted by Gasteiger charge is -2.39. The van der Waals surface area contributed by atoms with Crippen LogP contribution in [0.1, 0.15) is 65.4 Å². The lowest BCUT2D eigenvalue weighted by molar-refractivity contribution is 0.0466. The molecule has 0 bridgehead atoms. The molecule has 1 heterocycles. The Labute approximate surface area is 263 Å². The fourth-order valence-corrected chi connectivity index (χ4v) is 4.73. The Morgan fingerprint density at radius 1 is 0.929 bits per heavy atom. The Morgan fingerprint density at radius 3 is 2.07 bits per heavy atom. The van der Waals surface area contributed by atoms with Crippen LogP contribution in [0, 0.1) is 5.41 Å². The molecule has 0 aliphatic carbocycles. The quantitative estimate of drug-likeness (QED) is 0.188. The second kappa shape index (κ2) is 14.0. The van der Waals surface area contributed by atoms with Gasteiger partial charge in [0.05, 0.1) is 11.7 Å². The standard InChI is InChI=1S/C31H39Cl3N4O4/c1-29(2,3)25(38(28(40)42-31(32,33)34)19-13-18-35-27(39)41-30(4,5)6)26-36-24(23-16-11-8-12-17-23)21-37(26)20-22-14-9-7-10-15-22/h7-12,14-17,21,25H,13,18-20H2,1-6H3,(H,35,39). The summed E-state index contributed by atoms with van der Waals surface area (Å²) in [5, 5.41) is 2.73. The highest BCUT2D eigenvalue weighted by molar-refractivity contribution is 6.66. The summed E-state index contributed by atoms with van der Waals surface area (Å²) in [7, 11) is 0. The molecule has 3 rings (SSSR count). The van der Waals surface area contributed by atoms with E-state index < -0.39 is 33.2 Å². The molecular formula is C31H39Cl3N4O4. The highest BCUT2D eigenvalue weighted by Gasteiger charge is 2.41. The SMILES string of the molecule is CC(C)(C)OC(=O)NCCCN(C(=O)OC(Cl)(Cl)Cl)C(c1nc(-c2ccccc2)cn1Cc1ccccc1)C(C)(C)C. The van der Waals surface area contributed by atoms with E-state index >= 15 is 0 Å². The van der Waals surface area contributed by atoms with Crippen LogP contribution < -0.4 is 5.32 Å². The van der Waals surface area contributed by atoms with E-state index in [0.29, 0.717) is 18.8 Å². The maximum atomic E-state index is 13.6. The Kier molecular flexibility index (Phi) is 11.2. The highest BCUT2D eigenvalue weighted by atomic mass is 35.6. The topological polar surface area (TPSA) is 85.7 Å². The Bertz CT molecular complexity index is 1310. The summed E-state index contributed by atoms with van der Waals surface area (Å²) in [6.45, 7) is 12.3. The van der Waals surface area contributed by atoms with E-state index in [1.807, 2.05) is 92.2 Å². The Balaban J connectivity index is 2.02. The van der Waals surface area contributed by atoms with Gasteiger partial charge in [0.2, 0.25) is 0 Å². The summed E-state index contributed by atoms with van der Waals surface area (Å²) >= 11 is 17.7. The molecule has 1 atom stereocenters. The van der Waals surface area contributed by atoms with Gasteiger partial charge in [-0.25, -0.2) is 14.6 Å². The molecule has 0 saturated heterocycles. The number of hydrogen-bond donors (Lipinski definition) is 1. The van der Waals surface area contributed by atoms with Crippen LogP contribution in [0.3, 0.4) is 0 Å². The average Bonchev–Trinajstić information content (AvgIpc) is 3.27. The van der Waals surface area contributed by atoms with Crippen LogP contribution in [0.15, 0.2) is 66.9 Å². The first-order chi connectivity index (χ1) is 19.5. The van der Waals surface area contributed by atoms with Crippen molar-refractivity contribution in [1.29, 1.82) is 0 Å². The minimum atomic E-state index is -2.26. The lowest BCUT2D eigenvalue weighted by Crippen LogP contribution is -2.45. The second-order valence-electron chi connectivity index (χ2n) is 12.0. The van der Waals surface area contributed by atoms with Crippen LogP contribution in [0.2, 0.25) is 0 Å². The number of nitrogens with zero attached hydrogens (tertiary/aromatic N) is 3. The van der Waals surface area contributed by atoms with E-state index in [-0.39, 0.29) is 13.1 Å². The van der Waals surface area contributed by atoms with Gasteiger partial charge in [-0.2, -0.15) is 0 Å². The van der Waals surface area contributed by atoms with E-state index in [9.17, 15) is 9.59 Å². The molecule has 1 aromatic heterocycles. The van der Waals surface area contributed by atoms with Crippen molar-refractivity contribution in [2.45, 2.75) is 70.1 Å². The molecule has 0 aliphatic rings. The van der Waals surface area contributed by atoms with E-state index in [4.69, 9.17) is 49.3 Å². The fourth-order valence-electron chi connectivity index (χ4n) is 4.53. The van der Waals surface area contributed by atoms with Gasteiger partial charge in [0.15, 0.2) is 0 Å². The van der Waals surface area contributed by atoms with Crippen molar-refractivity contribution in [2.75, 3.05) is 13.1 Å². The second-order valence-corrected chi connectivity index (χ2v) is 14.2. The molecule has 0 radical (unpaired) electrons. The third-order valence-corrected chi connectivity index (χ3v) is 6.36. The minimum Gasteiger partial charge on any atom is -0.444 e. The zero-order valence-corrected chi connectivity index (χ0v) is 27.1. The Morgan fingerprint density at radius 2 is 1.52 bits per heavy atom. The van der Waals surface area contributed by atoms with Gasteiger partial charge in [-0.1, -0.05) is 81.4 Å². The predicted molar refractivity (Wildman–Crippen MR) is 168 cm³/mol. The fraction of sp³-hybridized carbons (Fsp3) is 0.452. The molecule has 0 aliphatic heterocycles. The number of carbonyl (C=O) groups is 2. The molecule has 2 aromatic carbocycles. The highest BCUT2D eigenvalue weighted by Crippen LogP contribution is 2.40. The van der Waals surface area contributed by atoms with Crippen LogP contribution >= 0.6 is 34.8 Å². The first kappa shape index (κ1) is 33.6. The van der Waals surface area contributed by atoms with Gasteiger partial charge in [-0.15, -0.1) is 0 Å². The molecule has 11 heteroatoms. The van der Waals surface area contributed by atoms with Crippen LogP contribution in [-0.4, -0.2) is 49.3 Å². The number of benzene rings is 2. The number of ether oxygens (including phenoxy) is 2. The molecule has 2 amide bonds. The van der Waals surface area contributed by atoms with Crippen molar-refractivity contribution < 1.29 is 19.1 Å². The van der Waals surface area contributed by atoms with Crippen molar-refractivity contribution in [3.8, 4) is 11.3 Å². The van der Waals surface area contributed by atoms with Gasteiger partial charge in [-0.05, 0) is 73.0 Å². The molecule has 8 nitrogen and oxygen atoms in total. The number of nitrogens with one attached hydrogen (secondary N) is 1. The molecule has 228 valence electrons.